The Morgan fingerprint density at radius 2 is 1.86 bits per heavy atom. The molecule has 0 aliphatic carbocycles. The predicted octanol–water partition coefficient (Wildman–Crippen LogP) is 4.21. The summed E-state index contributed by atoms with van der Waals surface area (Å²) in [6.45, 7) is 2.65. The Balaban J connectivity index is 1.51. The van der Waals surface area contributed by atoms with Gasteiger partial charge in [0, 0.05) is 22.7 Å². The lowest BCUT2D eigenvalue weighted by molar-refractivity contribution is -0.122. The smallest absolute Gasteiger partial charge is 0.371 e. The van der Waals surface area contributed by atoms with Crippen LogP contribution in [0.4, 0.5) is 5.69 Å². The predicted molar refractivity (Wildman–Crippen MR) is 141 cm³/mol. The molecule has 1 aliphatic rings. The number of carboxylic acid groups (broad SMARTS) is 1. The van der Waals surface area contributed by atoms with Crippen molar-refractivity contribution >= 4 is 57.8 Å². The summed E-state index contributed by atoms with van der Waals surface area (Å²) in [5, 5.41) is 12.5. The third-order valence-corrected chi connectivity index (χ3v) is 6.11. The quantitative estimate of drug-likeness (QED) is 0.215. The van der Waals surface area contributed by atoms with Crippen molar-refractivity contribution in [1.82, 2.24) is 9.88 Å². The van der Waals surface area contributed by atoms with Crippen LogP contribution in [0.2, 0.25) is 0 Å². The van der Waals surface area contributed by atoms with E-state index in [1.165, 1.54) is 17.0 Å². The van der Waals surface area contributed by atoms with Gasteiger partial charge in [-0.3, -0.25) is 19.8 Å². The van der Waals surface area contributed by atoms with Crippen molar-refractivity contribution in [3.8, 4) is 5.75 Å². The number of fused-ring (bicyclic) bond motifs is 1. The number of anilines is 1. The van der Waals surface area contributed by atoms with Crippen LogP contribution in [0, 0.1) is 0 Å². The first-order valence-corrected chi connectivity index (χ1v) is 11.8. The average molecular weight is 516 g/mol. The molecule has 0 atom stereocenters. The van der Waals surface area contributed by atoms with Crippen LogP contribution in [0.3, 0.4) is 0 Å². The second kappa shape index (κ2) is 9.75. The Bertz CT molecular complexity index is 1580. The minimum Gasteiger partial charge on any atom is -0.494 e. The number of carbonyl (C=O) groups excluding carboxylic acids is 2. The molecule has 0 bridgehead atoms. The number of nitrogens with zero attached hydrogens (tertiary/aromatic N) is 2. The van der Waals surface area contributed by atoms with Gasteiger partial charge in [-0.2, -0.15) is 0 Å². The Morgan fingerprint density at radius 3 is 2.57 bits per heavy atom. The van der Waals surface area contributed by atoms with E-state index in [-0.39, 0.29) is 23.0 Å². The summed E-state index contributed by atoms with van der Waals surface area (Å²) in [6.07, 6.45) is 3.32. The number of benzene rings is 2. The van der Waals surface area contributed by atoms with Crippen molar-refractivity contribution < 1.29 is 28.6 Å². The first-order chi connectivity index (χ1) is 17.9. The number of nitrogens with one attached hydrogen (secondary N) is 1. The van der Waals surface area contributed by atoms with Gasteiger partial charge in [0.05, 0.1) is 18.8 Å². The molecule has 10 heteroatoms. The maximum Gasteiger partial charge on any atom is 0.371 e. The number of aromatic carboxylic acids is 1. The Morgan fingerprint density at radius 1 is 1.11 bits per heavy atom. The maximum atomic E-state index is 13.5. The zero-order valence-corrected chi connectivity index (χ0v) is 20.5. The summed E-state index contributed by atoms with van der Waals surface area (Å²) in [5.74, 6) is -1.33. The summed E-state index contributed by atoms with van der Waals surface area (Å²) in [4.78, 5) is 38.7. The zero-order valence-electron chi connectivity index (χ0n) is 19.6. The van der Waals surface area contributed by atoms with E-state index in [4.69, 9.17) is 26.5 Å². The van der Waals surface area contributed by atoms with E-state index in [0.29, 0.717) is 29.4 Å². The molecule has 186 valence electrons. The monoisotopic (exact) mass is 515 g/mol. The summed E-state index contributed by atoms with van der Waals surface area (Å²) in [7, 11) is 0. The fraction of sp³-hybridized carbons (Fsp3) is 0.111. The number of carbonyl (C=O) groups is 3. The molecule has 2 aromatic heterocycles. The van der Waals surface area contributed by atoms with Crippen LogP contribution in [-0.2, 0) is 16.1 Å². The first-order valence-electron chi connectivity index (χ1n) is 11.4. The second-order valence-electron chi connectivity index (χ2n) is 8.19. The number of thiocarbonyl (C=S) groups is 1. The molecule has 2 aromatic carbocycles. The molecule has 2 N–H and O–H groups in total. The van der Waals surface area contributed by atoms with Gasteiger partial charge < -0.3 is 18.8 Å². The van der Waals surface area contributed by atoms with Crippen LogP contribution < -0.4 is 15.0 Å². The average Bonchev–Trinajstić information content (AvgIpc) is 3.48. The van der Waals surface area contributed by atoms with Crippen LogP contribution in [0.25, 0.3) is 17.0 Å². The molecule has 37 heavy (non-hydrogen) atoms. The van der Waals surface area contributed by atoms with E-state index in [9.17, 15) is 14.4 Å². The molecule has 1 fully saturated rings. The summed E-state index contributed by atoms with van der Waals surface area (Å²) < 4.78 is 12.7. The first kappa shape index (κ1) is 24.0. The molecular formula is C27H21N3O6S. The van der Waals surface area contributed by atoms with Gasteiger partial charge in [0.15, 0.2) is 5.11 Å². The van der Waals surface area contributed by atoms with E-state index in [1.807, 2.05) is 35.8 Å². The standard InChI is InChI=1S/C27H21N3O6S/c1-2-35-18-9-7-17(8-10-18)30-25(32)21(24(31)28-27(30)37)13-16-14-29(22-6-4-3-5-20(16)22)15-19-11-12-23(36-19)26(33)34/h3-14H,2,15H2,1H3,(H,33,34)(H,28,31,37)/b21-13+. The zero-order chi connectivity index (χ0) is 26.1. The molecular weight excluding hydrogens is 494 g/mol. The number of rotatable bonds is 7. The van der Waals surface area contributed by atoms with Gasteiger partial charge in [0.2, 0.25) is 5.76 Å². The van der Waals surface area contributed by atoms with Crippen molar-refractivity contribution in [2.75, 3.05) is 11.5 Å². The maximum absolute atomic E-state index is 13.5. The molecule has 4 aromatic rings. The number of para-hydroxylation sites is 1. The van der Waals surface area contributed by atoms with Crippen molar-refractivity contribution in [2.24, 2.45) is 0 Å². The van der Waals surface area contributed by atoms with Gasteiger partial charge in [-0.15, -0.1) is 0 Å². The van der Waals surface area contributed by atoms with Crippen molar-refractivity contribution in [3.05, 3.63) is 89.5 Å². The highest BCUT2D eigenvalue weighted by Crippen LogP contribution is 2.28. The van der Waals surface area contributed by atoms with Crippen LogP contribution in [0.5, 0.6) is 5.75 Å². The lowest BCUT2D eigenvalue weighted by atomic mass is 10.1. The molecule has 3 heterocycles. The molecule has 1 saturated heterocycles. The van der Waals surface area contributed by atoms with Crippen molar-refractivity contribution in [2.45, 2.75) is 13.5 Å². The number of hydrogen-bond acceptors (Lipinski definition) is 6. The number of furan rings is 1. The van der Waals surface area contributed by atoms with E-state index in [2.05, 4.69) is 5.32 Å². The lowest BCUT2D eigenvalue weighted by Gasteiger charge is -2.29. The third-order valence-electron chi connectivity index (χ3n) is 5.83. The van der Waals surface area contributed by atoms with E-state index in [1.54, 1.807) is 36.5 Å². The topological polar surface area (TPSA) is 114 Å². The highest BCUT2D eigenvalue weighted by molar-refractivity contribution is 7.80. The Labute approximate surface area is 216 Å². The van der Waals surface area contributed by atoms with Gasteiger partial charge in [0.25, 0.3) is 11.8 Å². The SMILES string of the molecule is CCOc1ccc(N2C(=O)/C(=C/c3cn(Cc4ccc(C(=O)O)o4)c4ccccc34)C(=O)NC2=S)cc1. The second-order valence-corrected chi connectivity index (χ2v) is 8.57. The Hall–Kier alpha value is -4.70. The highest BCUT2D eigenvalue weighted by Gasteiger charge is 2.34. The fourth-order valence-corrected chi connectivity index (χ4v) is 4.45. The van der Waals surface area contributed by atoms with E-state index < -0.39 is 17.8 Å². The Kier molecular flexibility index (Phi) is 6.33. The van der Waals surface area contributed by atoms with Crippen molar-refractivity contribution in [3.63, 3.8) is 0 Å². The van der Waals surface area contributed by atoms with Crippen LogP contribution in [-0.4, -0.2) is 39.2 Å². The van der Waals surface area contributed by atoms with Crippen LogP contribution >= 0.6 is 12.2 Å². The molecule has 2 amide bonds. The van der Waals surface area contributed by atoms with Gasteiger partial charge in [-0.1, -0.05) is 18.2 Å². The number of carboxylic acids is 1. The van der Waals surface area contributed by atoms with Crippen LogP contribution in [0.15, 0.2) is 76.9 Å². The molecule has 0 spiro atoms. The highest BCUT2D eigenvalue weighted by atomic mass is 32.1. The summed E-state index contributed by atoms with van der Waals surface area (Å²) in [6, 6.07) is 17.3. The number of aromatic nitrogens is 1. The molecule has 5 rings (SSSR count). The van der Waals surface area contributed by atoms with Gasteiger partial charge in [-0.25, -0.2) is 4.79 Å². The lowest BCUT2D eigenvalue weighted by Crippen LogP contribution is -2.54. The van der Waals surface area contributed by atoms with E-state index in [0.717, 1.165) is 10.9 Å². The van der Waals surface area contributed by atoms with Gasteiger partial charge in [0.1, 0.15) is 17.1 Å². The minimum atomic E-state index is -1.15. The molecule has 1 aliphatic heterocycles. The molecule has 9 nitrogen and oxygen atoms in total. The summed E-state index contributed by atoms with van der Waals surface area (Å²) >= 11 is 5.30. The molecule has 0 unspecified atom stereocenters. The molecule has 0 saturated carbocycles. The van der Waals surface area contributed by atoms with Crippen LogP contribution in [0.1, 0.15) is 28.8 Å². The van der Waals surface area contributed by atoms with Gasteiger partial charge >= 0.3 is 5.97 Å². The molecule has 0 radical (unpaired) electrons. The van der Waals surface area contributed by atoms with E-state index >= 15 is 0 Å². The van der Waals surface area contributed by atoms with Crippen molar-refractivity contribution in [1.29, 1.82) is 0 Å². The van der Waals surface area contributed by atoms with Gasteiger partial charge in [-0.05, 0) is 67.7 Å². The largest absolute Gasteiger partial charge is 0.494 e. The third kappa shape index (κ3) is 4.62. The number of ether oxygens (including phenoxy) is 1. The normalized spacial score (nSPS) is 14.9. The number of hydrogen-bond donors (Lipinski definition) is 2. The number of amides is 2. The fourth-order valence-electron chi connectivity index (χ4n) is 4.17. The summed E-state index contributed by atoms with van der Waals surface area (Å²) in [5.41, 5.74) is 1.89. The minimum absolute atomic E-state index is 0.00853.